The van der Waals surface area contributed by atoms with Crippen molar-refractivity contribution in [2.24, 2.45) is 0 Å². The number of benzene rings is 2. The molecule has 40 heavy (non-hydrogen) atoms. The van der Waals surface area contributed by atoms with Crippen LogP contribution in [0.4, 0.5) is 30.5 Å². The number of imidazole rings is 1. The summed E-state index contributed by atoms with van der Waals surface area (Å²) in [5.41, 5.74) is 3.27. The molecule has 0 fully saturated rings. The number of halogens is 3. The minimum atomic E-state index is -4.60. The highest BCUT2D eigenvalue weighted by Crippen LogP contribution is 2.33. The zero-order valence-corrected chi connectivity index (χ0v) is 21.8. The molecule has 0 bridgehead atoms. The summed E-state index contributed by atoms with van der Waals surface area (Å²) in [5, 5.41) is 2.61. The third-order valence-corrected chi connectivity index (χ3v) is 6.25. The van der Waals surface area contributed by atoms with Crippen LogP contribution in [0, 0.1) is 13.8 Å². The molecule has 0 aliphatic heterocycles. The standard InChI is InChI=1S/C29H24F3N7O/c1-18-6-7-20(11-26(18)38(3)28-34-10-8-25(37-28)21-5-4-9-33-15-21)27(40)36-23-12-22(29(30,31)32)13-24(14-23)39-16-19(2)35-17-39/h4-17H,1-3H3,(H,36,40). The zero-order chi connectivity index (χ0) is 28.4. The lowest BCUT2D eigenvalue weighted by atomic mass is 10.1. The van der Waals surface area contributed by atoms with E-state index < -0.39 is 17.6 Å². The van der Waals surface area contributed by atoms with Gasteiger partial charge in [-0.3, -0.25) is 9.78 Å². The fourth-order valence-corrected chi connectivity index (χ4v) is 4.17. The van der Waals surface area contributed by atoms with Gasteiger partial charge in [-0.25, -0.2) is 15.0 Å². The Morgan fingerprint density at radius 3 is 2.52 bits per heavy atom. The van der Waals surface area contributed by atoms with Gasteiger partial charge in [0, 0.05) is 60.0 Å². The van der Waals surface area contributed by atoms with Crippen LogP contribution in [-0.2, 0) is 6.18 Å². The molecule has 0 unspecified atom stereocenters. The summed E-state index contributed by atoms with van der Waals surface area (Å²) in [4.78, 5) is 32.2. The van der Waals surface area contributed by atoms with Gasteiger partial charge in [0.15, 0.2) is 0 Å². The van der Waals surface area contributed by atoms with Gasteiger partial charge in [0.25, 0.3) is 5.91 Å². The normalized spacial score (nSPS) is 11.3. The summed E-state index contributed by atoms with van der Waals surface area (Å²) < 4.78 is 42.4. The Hall–Kier alpha value is -5.06. The van der Waals surface area contributed by atoms with Crippen LogP contribution in [0.15, 0.2) is 85.7 Å². The molecule has 0 aliphatic carbocycles. The Morgan fingerprint density at radius 2 is 1.82 bits per heavy atom. The fourth-order valence-electron chi connectivity index (χ4n) is 4.17. The minimum Gasteiger partial charge on any atom is -0.322 e. The summed E-state index contributed by atoms with van der Waals surface area (Å²) in [6, 6.07) is 13.9. The Bertz CT molecular complexity index is 1680. The van der Waals surface area contributed by atoms with Gasteiger partial charge in [-0.2, -0.15) is 13.2 Å². The number of hydrogen-bond donors (Lipinski definition) is 1. The first-order chi connectivity index (χ1) is 19.1. The van der Waals surface area contributed by atoms with Gasteiger partial charge < -0.3 is 14.8 Å². The number of nitrogens with one attached hydrogen (secondary N) is 1. The Balaban J connectivity index is 1.44. The molecule has 1 N–H and O–H groups in total. The van der Waals surface area contributed by atoms with Gasteiger partial charge in [0.2, 0.25) is 5.95 Å². The number of nitrogens with zero attached hydrogens (tertiary/aromatic N) is 6. The van der Waals surface area contributed by atoms with Crippen molar-refractivity contribution < 1.29 is 18.0 Å². The maximum atomic E-state index is 13.7. The maximum Gasteiger partial charge on any atom is 0.416 e. The topological polar surface area (TPSA) is 88.8 Å². The Labute approximate surface area is 228 Å². The third kappa shape index (κ3) is 5.68. The van der Waals surface area contributed by atoms with Crippen LogP contribution < -0.4 is 10.2 Å². The molecule has 0 radical (unpaired) electrons. The molecule has 2 aromatic carbocycles. The molecular weight excluding hydrogens is 519 g/mol. The van der Waals surface area contributed by atoms with Gasteiger partial charge in [0.1, 0.15) is 0 Å². The van der Waals surface area contributed by atoms with Gasteiger partial charge in [-0.1, -0.05) is 6.07 Å². The lowest BCUT2D eigenvalue weighted by molar-refractivity contribution is -0.137. The molecule has 202 valence electrons. The number of carbonyl (C=O) groups is 1. The molecule has 11 heteroatoms. The number of anilines is 3. The van der Waals surface area contributed by atoms with E-state index in [2.05, 4.69) is 25.3 Å². The summed E-state index contributed by atoms with van der Waals surface area (Å²) in [6.07, 6.45) is 3.44. The molecule has 0 saturated carbocycles. The van der Waals surface area contributed by atoms with E-state index in [4.69, 9.17) is 0 Å². The molecule has 5 rings (SSSR count). The van der Waals surface area contributed by atoms with Crippen LogP contribution >= 0.6 is 0 Å². The predicted molar refractivity (Wildman–Crippen MR) is 146 cm³/mol. The highest BCUT2D eigenvalue weighted by Gasteiger charge is 2.31. The summed E-state index contributed by atoms with van der Waals surface area (Å²) >= 11 is 0. The van der Waals surface area contributed by atoms with Crippen molar-refractivity contribution in [3.8, 4) is 16.9 Å². The number of pyridine rings is 1. The van der Waals surface area contributed by atoms with E-state index in [1.54, 1.807) is 67.9 Å². The van der Waals surface area contributed by atoms with Crippen LogP contribution in [0.3, 0.4) is 0 Å². The minimum absolute atomic E-state index is 0.00385. The molecule has 8 nitrogen and oxygen atoms in total. The van der Waals surface area contributed by atoms with E-state index in [-0.39, 0.29) is 16.9 Å². The second-order valence-electron chi connectivity index (χ2n) is 9.19. The van der Waals surface area contributed by atoms with Crippen molar-refractivity contribution in [1.82, 2.24) is 24.5 Å². The number of carbonyl (C=O) groups excluding carboxylic acids is 1. The maximum absolute atomic E-state index is 13.7. The predicted octanol–water partition coefficient (Wildman–Crippen LogP) is 6.38. The second kappa shape index (κ2) is 10.6. The summed E-state index contributed by atoms with van der Waals surface area (Å²) in [5.74, 6) is -0.160. The van der Waals surface area contributed by atoms with E-state index in [1.807, 2.05) is 19.1 Å². The van der Waals surface area contributed by atoms with E-state index in [1.165, 1.54) is 17.0 Å². The molecule has 5 aromatic rings. The fraction of sp³-hybridized carbons (Fsp3) is 0.138. The van der Waals surface area contributed by atoms with Crippen molar-refractivity contribution in [3.05, 3.63) is 108 Å². The first kappa shape index (κ1) is 26.5. The molecular formula is C29H24F3N7O. The first-order valence-corrected chi connectivity index (χ1v) is 12.2. The molecule has 1 amide bonds. The largest absolute Gasteiger partial charge is 0.416 e. The van der Waals surface area contributed by atoms with Crippen molar-refractivity contribution in [3.63, 3.8) is 0 Å². The number of rotatable bonds is 6. The molecule has 0 spiro atoms. The SMILES string of the molecule is Cc1cn(-c2cc(NC(=O)c3ccc(C)c(N(C)c4nccc(-c5cccnc5)n4)c3)cc(C(F)(F)F)c2)cn1. The highest BCUT2D eigenvalue weighted by atomic mass is 19.4. The lowest BCUT2D eigenvalue weighted by Crippen LogP contribution is -2.17. The zero-order valence-electron chi connectivity index (χ0n) is 21.8. The monoisotopic (exact) mass is 543 g/mol. The van der Waals surface area contributed by atoms with Crippen LogP contribution in [-0.4, -0.2) is 37.5 Å². The third-order valence-electron chi connectivity index (χ3n) is 6.25. The Kier molecular flexibility index (Phi) is 7.03. The number of aromatic nitrogens is 5. The quantitative estimate of drug-likeness (QED) is 0.267. The lowest BCUT2D eigenvalue weighted by Gasteiger charge is -2.21. The summed E-state index contributed by atoms with van der Waals surface area (Å²) in [6.45, 7) is 3.61. The van der Waals surface area contributed by atoms with E-state index >= 15 is 0 Å². The average molecular weight is 544 g/mol. The van der Waals surface area contributed by atoms with E-state index in [0.29, 0.717) is 23.0 Å². The van der Waals surface area contributed by atoms with Crippen LogP contribution in [0.25, 0.3) is 16.9 Å². The van der Waals surface area contributed by atoms with E-state index in [0.717, 1.165) is 23.3 Å². The number of hydrogen-bond acceptors (Lipinski definition) is 6. The van der Waals surface area contributed by atoms with Crippen LogP contribution in [0.1, 0.15) is 27.2 Å². The number of alkyl halides is 3. The van der Waals surface area contributed by atoms with Gasteiger partial charge in [-0.15, -0.1) is 0 Å². The Morgan fingerprint density at radius 1 is 1.00 bits per heavy atom. The van der Waals surface area contributed by atoms with Gasteiger partial charge in [-0.05, 0) is 67.9 Å². The number of amides is 1. The van der Waals surface area contributed by atoms with Crippen molar-refractivity contribution in [2.75, 3.05) is 17.3 Å². The molecule has 3 heterocycles. The van der Waals surface area contributed by atoms with Gasteiger partial charge >= 0.3 is 6.18 Å². The number of aryl methyl sites for hydroxylation is 2. The van der Waals surface area contributed by atoms with Crippen molar-refractivity contribution in [1.29, 1.82) is 0 Å². The molecule has 0 aliphatic rings. The van der Waals surface area contributed by atoms with Crippen LogP contribution in [0.5, 0.6) is 0 Å². The second-order valence-corrected chi connectivity index (χ2v) is 9.19. The van der Waals surface area contributed by atoms with Gasteiger partial charge in [0.05, 0.1) is 23.3 Å². The van der Waals surface area contributed by atoms with E-state index in [9.17, 15) is 18.0 Å². The van der Waals surface area contributed by atoms with Crippen molar-refractivity contribution >= 4 is 23.2 Å². The molecule has 0 saturated heterocycles. The van der Waals surface area contributed by atoms with Crippen molar-refractivity contribution in [2.45, 2.75) is 20.0 Å². The average Bonchev–Trinajstić information content (AvgIpc) is 3.39. The summed E-state index contributed by atoms with van der Waals surface area (Å²) in [7, 11) is 1.78. The van der Waals surface area contributed by atoms with Crippen LogP contribution in [0.2, 0.25) is 0 Å². The smallest absolute Gasteiger partial charge is 0.322 e. The first-order valence-electron chi connectivity index (χ1n) is 12.2. The molecule has 0 atom stereocenters. The molecule has 3 aromatic heterocycles. The highest BCUT2D eigenvalue weighted by molar-refractivity contribution is 6.05.